The summed E-state index contributed by atoms with van der Waals surface area (Å²) < 4.78 is 10.4. The predicted molar refractivity (Wildman–Crippen MR) is 72.0 cm³/mol. The van der Waals surface area contributed by atoms with E-state index in [9.17, 15) is 9.59 Å². The number of hydrogen-bond acceptors (Lipinski definition) is 4. The van der Waals surface area contributed by atoms with Crippen LogP contribution in [0, 0.1) is 0 Å². The number of carboxylic acid groups (broad SMARTS) is 2. The maximum absolute atomic E-state index is 11.0. The molecule has 2 N–H and O–H groups in total. The lowest BCUT2D eigenvalue weighted by Gasteiger charge is -2.15. The Morgan fingerprint density at radius 3 is 2.55 bits per heavy atom. The second-order valence-corrected chi connectivity index (χ2v) is 3.93. The smallest absolute Gasteiger partial charge is 0.344 e. The van der Waals surface area contributed by atoms with Gasteiger partial charge >= 0.3 is 11.9 Å². The Labute approximate surface area is 116 Å². The van der Waals surface area contributed by atoms with Crippen molar-refractivity contribution < 1.29 is 29.3 Å². The number of hydrogen-bond donors (Lipinski definition) is 2. The van der Waals surface area contributed by atoms with E-state index in [2.05, 4.69) is 0 Å². The Morgan fingerprint density at radius 1 is 1.35 bits per heavy atom. The molecule has 0 aliphatic rings. The highest BCUT2D eigenvalue weighted by Gasteiger charge is 2.18. The molecule has 1 unspecified atom stereocenters. The zero-order valence-electron chi connectivity index (χ0n) is 11.2. The molecule has 20 heavy (non-hydrogen) atoms. The molecule has 6 nitrogen and oxygen atoms in total. The fraction of sp³-hybridized carbons (Fsp3) is 0.286. The fourth-order valence-corrected chi connectivity index (χ4v) is 1.51. The van der Waals surface area contributed by atoms with E-state index in [0.717, 1.165) is 6.08 Å². The first-order chi connectivity index (χ1) is 9.47. The first-order valence-electron chi connectivity index (χ1n) is 5.96. The molecule has 1 aromatic rings. The van der Waals surface area contributed by atoms with Gasteiger partial charge in [0.2, 0.25) is 0 Å². The third kappa shape index (κ3) is 4.31. The van der Waals surface area contributed by atoms with Crippen LogP contribution in [0.25, 0.3) is 6.08 Å². The lowest BCUT2D eigenvalue weighted by Crippen LogP contribution is -2.26. The molecule has 0 saturated carbocycles. The van der Waals surface area contributed by atoms with E-state index in [1.165, 1.54) is 13.2 Å². The van der Waals surface area contributed by atoms with Crippen LogP contribution in [0.15, 0.2) is 24.3 Å². The van der Waals surface area contributed by atoms with Gasteiger partial charge in [-0.15, -0.1) is 0 Å². The average molecular weight is 280 g/mol. The highest BCUT2D eigenvalue weighted by Crippen LogP contribution is 2.26. The van der Waals surface area contributed by atoms with Crippen molar-refractivity contribution in [2.45, 2.75) is 19.4 Å². The van der Waals surface area contributed by atoms with Crippen LogP contribution in [0.3, 0.4) is 0 Å². The third-order valence-corrected chi connectivity index (χ3v) is 2.54. The molecule has 0 heterocycles. The van der Waals surface area contributed by atoms with Crippen LogP contribution in [-0.2, 0) is 9.59 Å². The van der Waals surface area contributed by atoms with E-state index in [0.29, 0.717) is 17.7 Å². The van der Waals surface area contributed by atoms with E-state index in [1.54, 1.807) is 25.1 Å². The maximum atomic E-state index is 11.0. The van der Waals surface area contributed by atoms with Gasteiger partial charge < -0.3 is 19.7 Å². The average Bonchev–Trinajstić information content (AvgIpc) is 2.42. The van der Waals surface area contributed by atoms with Crippen molar-refractivity contribution in [1.29, 1.82) is 0 Å². The lowest BCUT2D eigenvalue weighted by atomic mass is 10.1. The molecule has 0 bridgehead atoms. The summed E-state index contributed by atoms with van der Waals surface area (Å²) in [5.41, 5.74) is 0.437. The Balaban J connectivity index is 3.10. The summed E-state index contributed by atoms with van der Waals surface area (Å²) in [6.07, 6.45) is 1.59. The molecule has 0 saturated heterocycles. The Kier molecular flexibility index (Phi) is 5.58. The van der Waals surface area contributed by atoms with E-state index in [4.69, 9.17) is 19.7 Å². The summed E-state index contributed by atoms with van der Waals surface area (Å²) >= 11 is 0. The lowest BCUT2D eigenvalue weighted by molar-refractivity contribution is -0.145. The standard InChI is InChI=1S/C14H16O6/c1-3-11(14(17)18)20-12-6-5-10(19-2)8-9(12)4-7-13(15)16/h4-8,11H,3H2,1-2H3,(H,15,16)(H,17,18). The summed E-state index contributed by atoms with van der Waals surface area (Å²) in [5, 5.41) is 17.6. The molecular formula is C14H16O6. The van der Waals surface area contributed by atoms with Gasteiger partial charge in [-0.3, -0.25) is 0 Å². The molecule has 0 aliphatic heterocycles. The molecule has 0 fully saturated rings. The maximum Gasteiger partial charge on any atom is 0.344 e. The molecular weight excluding hydrogens is 264 g/mol. The van der Waals surface area contributed by atoms with Crippen molar-refractivity contribution >= 4 is 18.0 Å². The first-order valence-corrected chi connectivity index (χ1v) is 5.96. The number of aliphatic carboxylic acids is 2. The van der Waals surface area contributed by atoms with Crippen molar-refractivity contribution in [2.24, 2.45) is 0 Å². The van der Waals surface area contributed by atoms with Crippen LogP contribution in [0.1, 0.15) is 18.9 Å². The molecule has 0 aromatic heterocycles. The molecule has 0 amide bonds. The molecule has 108 valence electrons. The van der Waals surface area contributed by atoms with Gasteiger partial charge in [0.15, 0.2) is 6.10 Å². The largest absolute Gasteiger partial charge is 0.497 e. The quantitative estimate of drug-likeness (QED) is 0.742. The topological polar surface area (TPSA) is 93.1 Å². The van der Waals surface area contributed by atoms with Gasteiger partial charge in [-0.25, -0.2) is 9.59 Å². The van der Waals surface area contributed by atoms with Crippen LogP contribution in [-0.4, -0.2) is 35.4 Å². The summed E-state index contributed by atoms with van der Waals surface area (Å²) in [4.78, 5) is 21.5. The van der Waals surface area contributed by atoms with Crippen LogP contribution >= 0.6 is 0 Å². The SMILES string of the molecule is CCC(Oc1ccc(OC)cc1C=CC(=O)O)C(=O)O. The van der Waals surface area contributed by atoms with Crippen molar-refractivity contribution in [2.75, 3.05) is 7.11 Å². The molecule has 1 aromatic carbocycles. The van der Waals surface area contributed by atoms with E-state index >= 15 is 0 Å². The summed E-state index contributed by atoms with van der Waals surface area (Å²) in [6.45, 7) is 1.69. The molecule has 0 radical (unpaired) electrons. The predicted octanol–water partition coefficient (Wildman–Crippen LogP) is 2.03. The highest BCUT2D eigenvalue weighted by molar-refractivity contribution is 5.86. The molecule has 0 spiro atoms. The van der Waals surface area contributed by atoms with Crippen molar-refractivity contribution in [3.05, 3.63) is 29.8 Å². The van der Waals surface area contributed by atoms with Gasteiger partial charge in [-0.05, 0) is 30.7 Å². The van der Waals surface area contributed by atoms with Gasteiger partial charge in [-0.1, -0.05) is 6.92 Å². The van der Waals surface area contributed by atoms with Gasteiger partial charge in [0.25, 0.3) is 0 Å². The van der Waals surface area contributed by atoms with Crippen molar-refractivity contribution in [1.82, 2.24) is 0 Å². The first kappa shape index (κ1) is 15.6. The van der Waals surface area contributed by atoms with Gasteiger partial charge in [0, 0.05) is 11.6 Å². The number of carboxylic acids is 2. The monoisotopic (exact) mass is 280 g/mol. The fourth-order valence-electron chi connectivity index (χ4n) is 1.51. The minimum Gasteiger partial charge on any atom is -0.497 e. The van der Waals surface area contributed by atoms with E-state index < -0.39 is 18.0 Å². The van der Waals surface area contributed by atoms with Gasteiger partial charge in [0.05, 0.1) is 7.11 Å². The summed E-state index contributed by atoms with van der Waals surface area (Å²) in [7, 11) is 1.48. The number of rotatable bonds is 7. The Morgan fingerprint density at radius 2 is 2.05 bits per heavy atom. The number of methoxy groups -OCH3 is 1. The van der Waals surface area contributed by atoms with Crippen LogP contribution in [0.4, 0.5) is 0 Å². The second kappa shape index (κ2) is 7.18. The Bertz CT molecular complexity index is 520. The summed E-state index contributed by atoms with van der Waals surface area (Å²) in [6, 6.07) is 4.73. The third-order valence-electron chi connectivity index (χ3n) is 2.54. The van der Waals surface area contributed by atoms with E-state index in [-0.39, 0.29) is 5.75 Å². The van der Waals surface area contributed by atoms with Crippen LogP contribution in [0.5, 0.6) is 11.5 Å². The van der Waals surface area contributed by atoms with Crippen molar-refractivity contribution in [3.8, 4) is 11.5 Å². The summed E-state index contributed by atoms with van der Waals surface area (Å²) in [5.74, 6) is -1.37. The van der Waals surface area contributed by atoms with Crippen LogP contribution < -0.4 is 9.47 Å². The van der Waals surface area contributed by atoms with E-state index in [1.807, 2.05) is 0 Å². The zero-order chi connectivity index (χ0) is 15.1. The number of ether oxygens (including phenoxy) is 2. The second-order valence-electron chi connectivity index (χ2n) is 3.93. The van der Waals surface area contributed by atoms with Crippen molar-refractivity contribution in [3.63, 3.8) is 0 Å². The number of benzene rings is 1. The minimum absolute atomic E-state index is 0.289. The molecule has 6 heteroatoms. The zero-order valence-corrected chi connectivity index (χ0v) is 11.2. The highest BCUT2D eigenvalue weighted by atomic mass is 16.5. The molecule has 0 aliphatic carbocycles. The van der Waals surface area contributed by atoms with Crippen LogP contribution in [0.2, 0.25) is 0 Å². The normalized spacial score (nSPS) is 12.1. The van der Waals surface area contributed by atoms with Gasteiger partial charge in [-0.2, -0.15) is 0 Å². The minimum atomic E-state index is -1.11. The van der Waals surface area contributed by atoms with Gasteiger partial charge in [0.1, 0.15) is 11.5 Å². The molecule has 1 atom stereocenters. The number of carbonyl (C=O) groups is 2. The Hall–Kier alpha value is -2.50. The molecule has 1 rings (SSSR count).